The number of anilines is 1. The van der Waals surface area contributed by atoms with Gasteiger partial charge in [-0.05, 0) is 30.7 Å². The Morgan fingerprint density at radius 3 is 2.79 bits per heavy atom. The topological polar surface area (TPSA) is 47.6 Å². The molecule has 0 bridgehead atoms. The Hall–Kier alpha value is -2.85. The molecule has 0 fully saturated rings. The molecule has 3 rings (SSSR count). The zero-order valence-electron chi connectivity index (χ0n) is 13.4. The highest BCUT2D eigenvalue weighted by atomic mass is 16.7. The van der Waals surface area contributed by atoms with Crippen LogP contribution in [0.15, 0.2) is 78.7 Å². The number of carbonyl (C=O) groups excluding carboxylic acids is 1. The second kappa shape index (κ2) is 7.62. The predicted octanol–water partition coefficient (Wildman–Crippen LogP) is 4.12. The summed E-state index contributed by atoms with van der Waals surface area (Å²) in [6, 6.07) is 17.5. The van der Waals surface area contributed by atoms with Crippen molar-refractivity contribution in [2.24, 2.45) is 0 Å². The first-order valence-corrected chi connectivity index (χ1v) is 7.80. The molecule has 0 saturated heterocycles. The second-order valence-corrected chi connectivity index (χ2v) is 5.47. The van der Waals surface area contributed by atoms with Crippen molar-refractivity contribution >= 4 is 11.5 Å². The van der Waals surface area contributed by atoms with E-state index in [0.717, 1.165) is 16.8 Å². The van der Waals surface area contributed by atoms with Crippen LogP contribution in [0.2, 0.25) is 0 Å². The molecule has 122 valence electrons. The van der Waals surface area contributed by atoms with Gasteiger partial charge in [-0.15, -0.1) is 0 Å². The van der Waals surface area contributed by atoms with Crippen molar-refractivity contribution in [3.8, 4) is 0 Å². The number of carbonyl (C=O) groups is 1. The summed E-state index contributed by atoms with van der Waals surface area (Å²) >= 11 is 0. The molecule has 0 aliphatic carbocycles. The van der Waals surface area contributed by atoms with Crippen molar-refractivity contribution in [2.45, 2.75) is 13.2 Å². The zero-order chi connectivity index (χ0) is 16.8. The fraction of sp³-hybridized carbons (Fsp3) is 0.150. The van der Waals surface area contributed by atoms with Crippen LogP contribution in [0.25, 0.3) is 0 Å². The number of hydrogen-bond acceptors (Lipinski definition) is 4. The molecular formula is C20H19NO3. The fourth-order valence-corrected chi connectivity index (χ4v) is 2.37. The lowest BCUT2D eigenvalue weighted by molar-refractivity contribution is -0.142. The van der Waals surface area contributed by atoms with Crippen LogP contribution in [0.4, 0.5) is 5.69 Å². The lowest BCUT2D eigenvalue weighted by Crippen LogP contribution is -2.18. The molecule has 2 aromatic rings. The number of ether oxygens (including phenoxy) is 2. The molecule has 1 N–H and O–H groups in total. The van der Waals surface area contributed by atoms with Gasteiger partial charge in [-0.2, -0.15) is 0 Å². The lowest BCUT2D eigenvalue weighted by Gasteiger charge is -2.24. The van der Waals surface area contributed by atoms with E-state index < -0.39 is 6.29 Å². The number of aryl methyl sites for hydroxylation is 1. The molecular weight excluding hydrogens is 302 g/mol. The highest BCUT2D eigenvalue weighted by Gasteiger charge is 2.21. The van der Waals surface area contributed by atoms with Crippen LogP contribution in [-0.2, 0) is 14.3 Å². The van der Waals surface area contributed by atoms with Gasteiger partial charge in [0.05, 0.1) is 6.61 Å². The van der Waals surface area contributed by atoms with Gasteiger partial charge in [0.25, 0.3) is 0 Å². The summed E-state index contributed by atoms with van der Waals surface area (Å²) < 4.78 is 11.2. The van der Waals surface area contributed by atoms with Gasteiger partial charge in [-0.3, -0.25) is 4.79 Å². The summed E-state index contributed by atoms with van der Waals surface area (Å²) in [4.78, 5) is 12.3. The smallest absolute Gasteiger partial charge is 0.227 e. The van der Waals surface area contributed by atoms with E-state index in [1.165, 1.54) is 6.08 Å². The first-order chi connectivity index (χ1) is 11.7. The minimum Gasteiger partial charge on any atom is -0.457 e. The van der Waals surface area contributed by atoms with Crippen molar-refractivity contribution in [3.63, 3.8) is 0 Å². The molecule has 1 unspecified atom stereocenters. The summed E-state index contributed by atoms with van der Waals surface area (Å²) in [7, 11) is 0. The largest absolute Gasteiger partial charge is 0.457 e. The monoisotopic (exact) mass is 321 g/mol. The molecule has 24 heavy (non-hydrogen) atoms. The van der Waals surface area contributed by atoms with Gasteiger partial charge in [0.1, 0.15) is 0 Å². The molecule has 1 aliphatic heterocycles. The van der Waals surface area contributed by atoms with Crippen molar-refractivity contribution < 1.29 is 14.3 Å². The van der Waals surface area contributed by atoms with Crippen LogP contribution in [0.3, 0.4) is 0 Å². The Morgan fingerprint density at radius 2 is 2.00 bits per heavy atom. The number of rotatable bonds is 5. The average Bonchev–Trinajstić information content (AvgIpc) is 2.62. The van der Waals surface area contributed by atoms with E-state index in [2.05, 4.69) is 5.32 Å². The van der Waals surface area contributed by atoms with Gasteiger partial charge in [0.2, 0.25) is 12.1 Å². The van der Waals surface area contributed by atoms with Gasteiger partial charge < -0.3 is 14.8 Å². The Labute approximate surface area is 141 Å². The number of allylic oxidation sites excluding steroid dienone is 1. The molecule has 4 nitrogen and oxygen atoms in total. The molecule has 0 amide bonds. The van der Waals surface area contributed by atoms with E-state index in [9.17, 15) is 4.79 Å². The SMILES string of the molecule is Cc1cccc(N/C=C\C(=O)C2=CCOC(c3ccccc3)O2)c1. The van der Waals surface area contributed by atoms with Crippen LogP contribution in [-0.4, -0.2) is 12.4 Å². The van der Waals surface area contributed by atoms with Crippen molar-refractivity contribution in [1.82, 2.24) is 0 Å². The highest BCUT2D eigenvalue weighted by Crippen LogP contribution is 2.25. The summed E-state index contributed by atoms with van der Waals surface area (Å²) in [6.45, 7) is 2.37. The van der Waals surface area contributed by atoms with Gasteiger partial charge in [-0.1, -0.05) is 42.5 Å². The van der Waals surface area contributed by atoms with Crippen LogP contribution in [0.5, 0.6) is 0 Å². The average molecular weight is 321 g/mol. The first kappa shape index (κ1) is 16.0. The second-order valence-electron chi connectivity index (χ2n) is 5.47. The zero-order valence-corrected chi connectivity index (χ0v) is 13.4. The highest BCUT2D eigenvalue weighted by molar-refractivity contribution is 6.02. The maximum atomic E-state index is 12.3. The normalized spacial score (nSPS) is 17.2. The van der Waals surface area contributed by atoms with E-state index in [-0.39, 0.29) is 5.78 Å². The van der Waals surface area contributed by atoms with E-state index in [1.54, 1.807) is 12.3 Å². The first-order valence-electron chi connectivity index (χ1n) is 7.80. The minimum absolute atomic E-state index is 0.195. The van der Waals surface area contributed by atoms with Crippen LogP contribution in [0, 0.1) is 6.92 Å². The Bertz CT molecular complexity index is 765. The van der Waals surface area contributed by atoms with E-state index >= 15 is 0 Å². The third-order valence-corrected chi connectivity index (χ3v) is 3.57. The number of ketones is 1. The molecule has 0 radical (unpaired) electrons. The lowest BCUT2D eigenvalue weighted by atomic mass is 10.2. The molecule has 4 heteroatoms. The quantitative estimate of drug-likeness (QED) is 0.842. The van der Waals surface area contributed by atoms with Gasteiger partial charge in [-0.25, -0.2) is 0 Å². The summed E-state index contributed by atoms with van der Waals surface area (Å²) in [5.74, 6) is 0.108. The van der Waals surface area contributed by atoms with Gasteiger partial charge in [0, 0.05) is 23.5 Å². The Balaban J connectivity index is 1.60. The molecule has 0 saturated carbocycles. The Morgan fingerprint density at radius 1 is 1.17 bits per heavy atom. The molecule has 1 heterocycles. The van der Waals surface area contributed by atoms with Crippen molar-refractivity contribution in [3.05, 3.63) is 89.8 Å². The van der Waals surface area contributed by atoms with Gasteiger partial charge in [0.15, 0.2) is 5.76 Å². The van der Waals surface area contributed by atoms with Gasteiger partial charge >= 0.3 is 0 Å². The van der Waals surface area contributed by atoms with Crippen LogP contribution in [0.1, 0.15) is 17.4 Å². The minimum atomic E-state index is -0.548. The van der Waals surface area contributed by atoms with E-state index in [1.807, 2.05) is 61.5 Å². The summed E-state index contributed by atoms with van der Waals surface area (Å²) in [5.41, 5.74) is 2.97. The molecule has 1 aliphatic rings. The Kier molecular flexibility index (Phi) is 5.08. The predicted molar refractivity (Wildman–Crippen MR) is 93.3 cm³/mol. The number of nitrogens with one attached hydrogen (secondary N) is 1. The van der Waals surface area contributed by atoms with E-state index in [0.29, 0.717) is 12.4 Å². The standard InChI is InChI=1S/C20H19NO3/c1-15-6-5-9-17(14-15)21-12-10-18(22)19-11-13-23-20(24-19)16-7-3-2-4-8-16/h2-12,14,20-21H,13H2,1H3/b12-10-. The number of benzene rings is 2. The molecule has 1 atom stereocenters. The summed E-state index contributed by atoms with van der Waals surface area (Å²) in [6.07, 6.45) is 4.18. The van der Waals surface area contributed by atoms with Crippen molar-refractivity contribution in [1.29, 1.82) is 0 Å². The maximum absolute atomic E-state index is 12.3. The third kappa shape index (κ3) is 4.12. The van der Waals surface area contributed by atoms with Crippen LogP contribution < -0.4 is 5.32 Å². The molecule has 0 spiro atoms. The molecule has 0 aromatic heterocycles. The maximum Gasteiger partial charge on any atom is 0.227 e. The number of hydrogen-bond donors (Lipinski definition) is 1. The summed E-state index contributed by atoms with van der Waals surface area (Å²) in [5, 5.41) is 3.08. The third-order valence-electron chi connectivity index (χ3n) is 3.57. The molecule has 2 aromatic carbocycles. The van der Waals surface area contributed by atoms with Crippen molar-refractivity contribution in [2.75, 3.05) is 11.9 Å². The fourth-order valence-electron chi connectivity index (χ4n) is 2.37. The van der Waals surface area contributed by atoms with E-state index in [4.69, 9.17) is 9.47 Å². The van der Waals surface area contributed by atoms with Crippen LogP contribution >= 0.6 is 0 Å².